The Morgan fingerprint density at radius 1 is 1.22 bits per heavy atom. The average Bonchev–Trinajstić information content (AvgIpc) is 2.55. The van der Waals surface area contributed by atoms with Crippen molar-refractivity contribution in [2.45, 2.75) is 11.8 Å². The topological polar surface area (TPSA) is 75.2 Å². The molecule has 0 aliphatic heterocycles. The quantitative estimate of drug-likeness (QED) is 0.851. The molecule has 23 heavy (non-hydrogen) atoms. The SMILES string of the molecule is CSc1ccccc1NC(=O)CN(C)C(=O)c1cnc(C)cn1. The van der Waals surface area contributed by atoms with Gasteiger partial charge < -0.3 is 10.2 Å². The van der Waals surface area contributed by atoms with Gasteiger partial charge in [0.25, 0.3) is 5.91 Å². The third-order valence-electron chi connectivity index (χ3n) is 3.11. The van der Waals surface area contributed by atoms with Gasteiger partial charge in [0, 0.05) is 18.1 Å². The molecule has 0 saturated carbocycles. The van der Waals surface area contributed by atoms with Gasteiger partial charge in [-0.2, -0.15) is 0 Å². The molecule has 1 aromatic heterocycles. The van der Waals surface area contributed by atoms with Crippen LogP contribution in [-0.2, 0) is 4.79 Å². The van der Waals surface area contributed by atoms with E-state index >= 15 is 0 Å². The van der Waals surface area contributed by atoms with Gasteiger partial charge in [-0.3, -0.25) is 14.6 Å². The van der Waals surface area contributed by atoms with E-state index in [1.165, 1.54) is 17.3 Å². The van der Waals surface area contributed by atoms with E-state index in [0.717, 1.165) is 16.3 Å². The molecular formula is C16H18N4O2S. The van der Waals surface area contributed by atoms with Gasteiger partial charge in [0.15, 0.2) is 0 Å². The first-order chi connectivity index (χ1) is 11.0. The van der Waals surface area contributed by atoms with Crippen molar-refractivity contribution in [3.05, 3.63) is 48.0 Å². The van der Waals surface area contributed by atoms with Gasteiger partial charge in [-0.25, -0.2) is 4.98 Å². The van der Waals surface area contributed by atoms with E-state index < -0.39 is 0 Å². The summed E-state index contributed by atoms with van der Waals surface area (Å²) in [7, 11) is 1.56. The Kier molecular flexibility index (Phi) is 5.70. The molecule has 1 aromatic carbocycles. The van der Waals surface area contributed by atoms with E-state index in [4.69, 9.17) is 0 Å². The average molecular weight is 330 g/mol. The summed E-state index contributed by atoms with van der Waals surface area (Å²) in [6.45, 7) is 1.73. The number of hydrogen-bond acceptors (Lipinski definition) is 5. The molecule has 0 saturated heterocycles. The second-order valence-corrected chi connectivity index (χ2v) is 5.80. The number of likely N-dealkylation sites (N-methyl/N-ethyl adjacent to an activating group) is 1. The molecule has 0 unspecified atom stereocenters. The number of rotatable bonds is 5. The molecular weight excluding hydrogens is 312 g/mol. The van der Waals surface area contributed by atoms with Gasteiger partial charge in [-0.05, 0) is 25.3 Å². The van der Waals surface area contributed by atoms with Gasteiger partial charge in [0.1, 0.15) is 5.69 Å². The molecule has 1 heterocycles. The minimum atomic E-state index is -0.342. The van der Waals surface area contributed by atoms with E-state index in [2.05, 4.69) is 15.3 Å². The number of thioether (sulfide) groups is 1. The van der Waals surface area contributed by atoms with Crippen molar-refractivity contribution in [3.8, 4) is 0 Å². The first-order valence-corrected chi connectivity index (χ1v) is 8.20. The third kappa shape index (κ3) is 4.53. The number of nitrogens with one attached hydrogen (secondary N) is 1. The van der Waals surface area contributed by atoms with Crippen molar-refractivity contribution in [1.29, 1.82) is 0 Å². The fourth-order valence-electron chi connectivity index (χ4n) is 1.92. The number of amides is 2. The molecule has 0 aliphatic rings. The van der Waals surface area contributed by atoms with Crippen molar-refractivity contribution in [1.82, 2.24) is 14.9 Å². The number of aryl methyl sites for hydroxylation is 1. The van der Waals surface area contributed by atoms with Crippen molar-refractivity contribution in [3.63, 3.8) is 0 Å². The Morgan fingerprint density at radius 3 is 2.61 bits per heavy atom. The summed E-state index contributed by atoms with van der Waals surface area (Å²) < 4.78 is 0. The summed E-state index contributed by atoms with van der Waals surface area (Å²) in [5.74, 6) is -0.603. The lowest BCUT2D eigenvalue weighted by Gasteiger charge is -2.17. The Morgan fingerprint density at radius 2 is 1.96 bits per heavy atom. The Bertz CT molecular complexity index is 703. The fraction of sp³-hybridized carbons (Fsp3) is 0.250. The van der Waals surface area contributed by atoms with Gasteiger partial charge in [0.2, 0.25) is 5.91 Å². The zero-order valence-electron chi connectivity index (χ0n) is 13.2. The molecule has 0 aliphatic carbocycles. The maximum Gasteiger partial charge on any atom is 0.274 e. The highest BCUT2D eigenvalue weighted by Crippen LogP contribution is 2.24. The van der Waals surface area contributed by atoms with Crippen LogP contribution in [0, 0.1) is 6.92 Å². The molecule has 7 heteroatoms. The number of benzene rings is 1. The molecule has 0 bridgehead atoms. The Hall–Kier alpha value is -2.41. The van der Waals surface area contributed by atoms with Gasteiger partial charge in [-0.1, -0.05) is 12.1 Å². The maximum atomic E-state index is 12.2. The monoisotopic (exact) mass is 330 g/mol. The minimum Gasteiger partial charge on any atom is -0.331 e. The molecule has 6 nitrogen and oxygen atoms in total. The lowest BCUT2D eigenvalue weighted by atomic mass is 10.3. The smallest absolute Gasteiger partial charge is 0.274 e. The Balaban J connectivity index is 1.99. The number of para-hydroxylation sites is 1. The van der Waals surface area contributed by atoms with Crippen molar-refractivity contribution in [2.75, 3.05) is 25.2 Å². The van der Waals surface area contributed by atoms with Crippen LogP contribution in [0.3, 0.4) is 0 Å². The molecule has 2 amide bonds. The molecule has 0 atom stereocenters. The van der Waals surface area contributed by atoms with Crippen molar-refractivity contribution >= 4 is 29.3 Å². The molecule has 2 rings (SSSR count). The van der Waals surface area contributed by atoms with E-state index in [9.17, 15) is 9.59 Å². The molecule has 1 N–H and O–H groups in total. The third-order valence-corrected chi connectivity index (χ3v) is 3.90. The normalized spacial score (nSPS) is 10.2. The number of anilines is 1. The second-order valence-electron chi connectivity index (χ2n) is 4.95. The summed E-state index contributed by atoms with van der Waals surface area (Å²) in [6, 6.07) is 7.52. The zero-order valence-corrected chi connectivity index (χ0v) is 14.1. The molecule has 0 spiro atoms. The predicted molar refractivity (Wildman–Crippen MR) is 90.6 cm³/mol. The molecule has 0 fully saturated rings. The summed E-state index contributed by atoms with van der Waals surface area (Å²) >= 11 is 1.55. The van der Waals surface area contributed by atoms with Crippen LogP contribution in [-0.4, -0.2) is 46.5 Å². The zero-order chi connectivity index (χ0) is 16.8. The van der Waals surface area contributed by atoms with Crippen LogP contribution in [0.4, 0.5) is 5.69 Å². The fourth-order valence-corrected chi connectivity index (χ4v) is 2.48. The van der Waals surface area contributed by atoms with E-state index in [1.54, 1.807) is 25.7 Å². The number of aromatic nitrogens is 2. The summed E-state index contributed by atoms with van der Waals surface area (Å²) in [4.78, 5) is 34.7. The highest BCUT2D eigenvalue weighted by Gasteiger charge is 2.17. The minimum absolute atomic E-state index is 0.0584. The van der Waals surface area contributed by atoms with Crippen LogP contribution < -0.4 is 5.32 Å². The van der Waals surface area contributed by atoms with E-state index in [1.807, 2.05) is 30.5 Å². The first kappa shape index (κ1) is 17.0. The number of hydrogen-bond donors (Lipinski definition) is 1. The first-order valence-electron chi connectivity index (χ1n) is 6.98. The van der Waals surface area contributed by atoms with Crippen LogP contribution in [0.1, 0.15) is 16.2 Å². The highest BCUT2D eigenvalue weighted by molar-refractivity contribution is 7.98. The second kappa shape index (κ2) is 7.73. The molecule has 2 aromatic rings. The van der Waals surface area contributed by atoms with Crippen LogP contribution in [0.2, 0.25) is 0 Å². The number of carbonyl (C=O) groups excluding carboxylic acids is 2. The molecule has 120 valence electrons. The number of carbonyl (C=O) groups is 2. The number of nitrogens with zero attached hydrogens (tertiary/aromatic N) is 3. The van der Waals surface area contributed by atoms with Gasteiger partial charge in [0.05, 0.1) is 24.1 Å². The van der Waals surface area contributed by atoms with E-state index in [0.29, 0.717) is 0 Å². The van der Waals surface area contributed by atoms with Crippen LogP contribution in [0.15, 0.2) is 41.6 Å². The largest absolute Gasteiger partial charge is 0.331 e. The molecule has 0 radical (unpaired) electrons. The predicted octanol–water partition coefficient (Wildman–Crippen LogP) is 2.22. The summed E-state index contributed by atoms with van der Waals surface area (Å²) in [6.07, 6.45) is 4.88. The van der Waals surface area contributed by atoms with Crippen LogP contribution in [0.5, 0.6) is 0 Å². The lowest BCUT2D eigenvalue weighted by molar-refractivity contribution is -0.116. The standard InChI is InChI=1S/C16H18N4O2S/c1-11-8-18-13(9-17-11)16(22)20(2)10-15(21)19-12-6-4-5-7-14(12)23-3/h4-9H,10H2,1-3H3,(H,19,21). The lowest BCUT2D eigenvalue weighted by Crippen LogP contribution is -2.35. The van der Waals surface area contributed by atoms with E-state index in [-0.39, 0.29) is 24.1 Å². The van der Waals surface area contributed by atoms with Gasteiger partial charge in [-0.15, -0.1) is 11.8 Å². The Labute approximate surface area is 139 Å². The van der Waals surface area contributed by atoms with Crippen LogP contribution in [0.25, 0.3) is 0 Å². The highest BCUT2D eigenvalue weighted by atomic mass is 32.2. The van der Waals surface area contributed by atoms with Crippen molar-refractivity contribution in [2.24, 2.45) is 0 Å². The summed E-state index contributed by atoms with van der Waals surface area (Å²) in [5, 5.41) is 2.82. The summed E-state index contributed by atoms with van der Waals surface area (Å²) in [5.41, 5.74) is 1.69. The van der Waals surface area contributed by atoms with Crippen molar-refractivity contribution < 1.29 is 9.59 Å². The van der Waals surface area contributed by atoms with Crippen LogP contribution >= 0.6 is 11.8 Å². The maximum absolute atomic E-state index is 12.2. The van der Waals surface area contributed by atoms with Gasteiger partial charge >= 0.3 is 0 Å².